The first kappa shape index (κ1) is 11.6. The third kappa shape index (κ3) is 2.13. The van der Waals surface area contributed by atoms with E-state index in [2.05, 4.69) is 15.3 Å². The van der Waals surface area contributed by atoms with E-state index in [4.69, 9.17) is 10.5 Å². The number of nitrogens with one attached hydrogen (secondary N) is 1. The Bertz CT molecular complexity index is 626. The summed E-state index contributed by atoms with van der Waals surface area (Å²) in [5.74, 6) is 0.780. The van der Waals surface area contributed by atoms with E-state index in [1.165, 1.54) is 6.33 Å². The summed E-state index contributed by atoms with van der Waals surface area (Å²) in [5.41, 5.74) is 1.36. The van der Waals surface area contributed by atoms with Crippen molar-refractivity contribution in [3.63, 3.8) is 0 Å². The van der Waals surface area contributed by atoms with Crippen LogP contribution in [0.4, 0.5) is 5.82 Å². The fourth-order valence-corrected chi connectivity index (χ4v) is 1.56. The summed E-state index contributed by atoms with van der Waals surface area (Å²) in [6.07, 6.45) is 3.21. The van der Waals surface area contributed by atoms with E-state index in [1.807, 2.05) is 24.3 Å². The fraction of sp³-hybridized carbons (Fsp3) is 0.167. The smallest absolute Gasteiger partial charge is 0.176 e. The Morgan fingerprint density at radius 3 is 2.67 bits per heavy atom. The lowest BCUT2D eigenvalue weighted by molar-refractivity contribution is 0.782. The van der Waals surface area contributed by atoms with Crippen molar-refractivity contribution in [3.05, 3.63) is 41.6 Å². The van der Waals surface area contributed by atoms with Gasteiger partial charge in [-0.2, -0.15) is 10.5 Å². The van der Waals surface area contributed by atoms with Crippen LogP contribution in [0, 0.1) is 22.7 Å². The summed E-state index contributed by atoms with van der Waals surface area (Å²) in [6.45, 7) is 0.467. The van der Waals surface area contributed by atoms with E-state index in [-0.39, 0.29) is 11.4 Å². The lowest BCUT2D eigenvalue weighted by Crippen LogP contribution is -2.02. The molecule has 6 nitrogen and oxygen atoms in total. The normalized spacial score (nSPS) is 9.50. The minimum absolute atomic E-state index is 0.150. The van der Waals surface area contributed by atoms with Gasteiger partial charge in [0, 0.05) is 13.2 Å². The zero-order chi connectivity index (χ0) is 13.0. The number of nitriles is 2. The van der Waals surface area contributed by atoms with Crippen LogP contribution in [0.3, 0.4) is 0 Å². The first-order valence-corrected chi connectivity index (χ1v) is 5.26. The molecule has 0 aliphatic carbocycles. The molecular weight excluding hydrogens is 228 g/mol. The van der Waals surface area contributed by atoms with E-state index in [9.17, 15) is 0 Å². The summed E-state index contributed by atoms with van der Waals surface area (Å²) in [4.78, 5) is 8.06. The average molecular weight is 238 g/mol. The molecule has 6 heteroatoms. The van der Waals surface area contributed by atoms with Gasteiger partial charge in [0.05, 0.1) is 12.9 Å². The maximum absolute atomic E-state index is 8.99. The van der Waals surface area contributed by atoms with Crippen molar-refractivity contribution < 1.29 is 0 Å². The van der Waals surface area contributed by atoms with Crippen LogP contribution in [0.15, 0.2) is 24.7 Å². The molecule has 2 aromatic heterocycles. The molecule has 0 spiro atoms. The number of hydrogen-bond donors (Lipinski definition) is 1. The Hall–Kier alpha value is -2.86. The molecular formula is C12H10N6. The van der Waals surface area contributed by atoms with Crippen LogP contribution in [0.25, 0.3) is 0 Å². The topological polar surface area (TPSA) is 90.3 Å². The second kappa shape index (κ2) is 4.98. The van der Waals surface area contributed by atoms with Crippen LogP contribution < -0.4 is 5.32 Å². The second-order valence-corrected chi connectivity index (χ2v) is 3.59. The minimum Gasteiger partial charge on any atom is -0.373 e. The lowest BCUT2D eigenvalue weighted by Gasteiger charge is -2.04. The predicted molar refractivity (Wildman–Crippen MR) is 64.5 cm³/mol. The van der Waals surface area contributed by atoms with Gasteiger partial charge in [0.25, 0.3) is 0 Å². The summed E-state index contributed by atoms with van der Waals surface area (Å²) in [6, 6.07) is 7.63. The first-order chi connectivity index (χ1) is 8.78. The van der Waals surface area contributed by atoms with Crippen LogP contribution in [-0.2, 0) is 6.54 Å². The van der Waals surface area contributed by atoms with E-state index >= 15 is 0 Å². The van der Waals surface area contributed by atoms with Gasteiger partial charge in [-0.15, -0.1) is 0 Å². The molecule has 0 saturated carbocycles. The van der Waals surface area contributed by atoms with Gasteiger partial charge >= 0.3 is 0 Å². The van der Waals surface area contributed by atoms with Crippen LogP contribution in [0.1, 0.15) is 17.0 Å². The zero-order valence-corrected chi connectivity index (χ0v) is 9.75. The van der Waals surface area contributed by atoms with Crippen molar-refractivity contribution in [1.29, 1.82) is 10.5 Å². The summed E-state index contributed by atoms with van der Waals surface area (Å²) in [7, 11) is 1.80. The molecule has 0 unspecified atom stereocenters. The average Bonchev–Trinajstić information content (AvgIpc) is 2.81. The maximum atomic E-state index is 8.99. The van der Waals surface area contributed by atoms with Crippen molar-refractivity contribution >= 4 is 5.82 Å². The lowest BCUT2D eigenvalue weighted by atomic mass is 10.2. The molecule has 0 radical (unpaired) electrons. The summed E-state index contributed by atoms with van der Waals surface area (Å²) < 4.78 is 1.63. The van der Waals surface area contributed by atoms with Gasteiger partial charge in [0.2, 0.25) is 0 Å². The molecule has 18 heavy (non-hydrogen) atoms. The van der Waals surface area contributed by atoms with Crippen LogP contribution in [0.5, 0.6) is 0 Å². The van der Waals surface area contributed by atoms with Crippen LogP contribution >= 0.6 is 0 Å². The molecule has 0 aromatic carbocycles. The fourth-order valence-electron chi connectivity index (χ4n) is 1.56. The Morgan fingerprint density at radius 1 is 1.28 bits per heavy atom. The number of aromatic nitrogens is 3. The number of anilines is 1. The molecule has 1 N–H and O–H groups in total. The highest BCUT2D eigenvalue weighted by atomic mass is 15.1. The van der Waals surface area contributed by atoms with Crippen molar-refractivity contribution in [2.24, 2.45) is 0 Å². The molecule has 0 aliphatic heterocycles. The largest absolute Gasteiger partial charge is 0.373 e. The van der Waals surface area contributed by atoms with Crippen LogP contribution in [0.2, 0.25) is 0 Å². The summed E-state index contributed by atoms with van der Waals surface area (Å²) >= 11 is 0. The third-order valence-electron chi connectivity index (χ3n) is 2.48. The quantitative estimate of drug-likeness (QED) is 0.865. The Balaban J connectivity index is 2.26. The molecule has 0 saturated heterocycles. The van der Waals surface area contributed by atoms with E-state index in [0.29, 0.717) is 6.54 Å². The Kier molecular flexibility index (Phi) is 3.22. The minimum atomic E-state index is 0.150. The molecule has 0 bridgehead atoms. The van der Waals surface area contributed by atoms with Gasteiger partial charge in [-0.05, 0) is 11.6 Å². The standard InChI is InChI=1S/C12H10N6/c1-15-12-3-2-9(6-16-12)7-18-8-17-10(4-13)11(18)5-14/h2-3,6,8H,7H2,1H3,(H,15,16). The van der Waals surface area contributed by atoms with Gasteiger partial charge in [-0.25, -0.2) is 9.97 Å². The Morgan fingerprint density at radius 2 is 2.11 bits per heavy atom. The van der Waals surface area contributed by atoms with Crippen LogP contribution in [-0.4, -0.2) is 21.6 Å². The summed E-state index contributed by atoms with van der Waals surface area (Å²) in [5, 5.41) is 20.7. The zero-order valence-electron chi connectivity index (χ0n) is 9.75. The van der Waals surface area contributed by atoms with Crippen molar-refractivity contribution in [2.75, 3.05) is 12.4 Å². The monoisotopic (exact) mass is 238 g/mol. The molecule has 88 valence electrons. The van der Waals surface area contributed by atoms with Gasteiger partial charge in [-0.3, -0.25) is 0 Å². The van der Waals surface area contributed by atoms with Crippen molar-refractivity contribution in [1.82, 2.24) is 14.5 Å². The molecule has 0 fully saturated rings. The van der Waals surface area contributed by atoms with E-state index in [0.717, 1.165) is 11.4 Å². The molecule has 0 atom stereocenters. The number of nitrogens with zero attached hydrogens (tertiary/aromatic N) is 5. The third-order valence-corrected chi connectivity index (χ3v) is 2.48. The highest BCUT2D eigenvalue weighted by Crippen LogP contribution is 2.10. The van der Waals surface area contributed by atoms with E-state index < -0.39 is 0 Å². The van der Waals surface area contributed by atoms with Gasteiger partial charge in [0.1, 0.15) is 18.0 Å². The molecule has 2 heterocycles. The number of rotatable bonds is 3. The molecule has 0 aliphatic rings. The molecule has 2 aromatic rings. The van der Waals surface area contributed by atoms with Gasteiger partial charge < -0.3 is 9.88 Å². The predicted octanol–water partition coefficient (Wildman–Crippen LogP) is 1.11. The first-order valence-electron chi connectivity index (χ1n) is 5.26. The SMILES string of the molecule is CNc1ccc(Cn2cnc(C#N)c2C#N)cn1. The van der Waals surface area contributed by atoms with E-state index in [1.54, 1.807) is 17.8 Å². The molecule has 2 rings (SSSR count). The number of hydrogen-bond acceptors (Lipinski definition) is 5. The van der Waals surface area contributed by atoms with Gasteiger partial charge in [-0.1, -0.05) is 6.07 Å². The maximum Gasteiger partial charge on any atom is 0.176 e. The number of imidazole rings is 1. The Labute approximate surface area is 104 Å². The van der Waals surface area contributed by atoms with Crippen molar-refractivity contribution in [2.45, 2.75) is 6.54 Å². The highest BCUT2D eigenvalue weighted by Gasteiger charge is 2.10. The second-order valence-electron chi connectivity index (χ2n) is 3.59. The van der Waals surface area contributed by atoms with Crippen molar-refractivity contribution in [3.8, 4) is 12.1 Å². The number of pyridine rings is 1. The molecule has 0 amide bonds. The highest BCUT2D eigenvalue weighted by molar-refractivity contribution is 5.38. The van der Waals surface area contributed by atoms with Gasteiger partial charge in [0.15, 0.2) is 11.4 Å².